The standard InChI is InChI=1S/C18H16BrF2NO5S/c1-22(10-13-4-2-3-5-15(13)19)16(23)11-27-17(24)12-6-8-14(9-7-12)28(25,26)18(20)21/h2-9,18H,10-11H2,1H3. The van der Waals surface area contributed by atoms with E-state index in [1.54, 1.807) is 7.05 Å². The molecule has 2 aromatic carbocycles. The van der Waals surface area contributed by atoms with Crippen LogP contribution in [0.15, 0.2) is 57.9 Å². The maximum Gasteiger partial charge on any atom is 0.341 e. The summed E-state index contributed by atoms with van der Waals surface area (Å²) in [5, 5.41) is 0. The van der Waals surface area contributed by atoms with Gasteiger partial charge >= 0.3 is 11.7 Å². The van der Waals surface area contributed by atoms with Crippen molar-refractivity contribution in [3.05, 3.63) is 64.1 Å². The molecule has 0 radical (unpaired) electrons. The number of likely N-dealkylation sites (N-methyl/N-ethyl adjacent to an activating group) is 1. The summed E-state index contributed by atoms with van der Waals surface area (Å²) in [6.45, 7) is -0.213. The zero-order valence-electron chi connectivity index (χ0n) is 14.6. The Hall–Kier alpha value is -2.33. The molecule has 0 saturated heterocycles. The molecule has 0 unspecified atom stereocenters. The second-order valence-electron chi connectivity index (χ2n) is 5.75. The number of rotatable bonds is 7. The first-order valence-corrected chi connectivity index (χ1v) is 10.2. The number of hydrogen-bond acceptors (Lipinski definition) is 5. The second-order valence-corrected chi connectivity index (χ2v) is 8.52. The van der Waals surface area contributed by atoms with Crippen LogP contribution >= 0.6 is 15.9 Å². The molecule has 1 amide bonds. The maximum absolute atomic E-state index is 12.5. The minimum atomic E-state index is -4.74. The molecule has 0 heterocycles. The van der Waals surface area contributed by atoms with E-state index in [0.717, 1.165) is 34.3 Å². The van der Waals surface area contributed by atoms with Gasteiger partial charge in [0, 0.05) is 18.1 Å². The fourth-order valence-electron chi connectivity index (χ4n) is 2.17. The third-order valence-electron chi connectivity index (χ3n) is 3.77. The van der Waals surface area contributed by atoms with Gasteiger partial charge in [-0.2, -0.15) is 8.78 Å². The molecule has 10 heteroatoms. The molecule has 0 N–H and O–H groups in total. The van der Waals surface area contributed by atoms with Crippen LogP contribution in [0.5, 0.6) is 0 Å². The Balaban J connectivity index is 1.94. The highest BCUT2D eigenvalue weighted by atomic mass is 79.9. The van der Waals surface area contributed by atoms with Gasteiger partial charge in [-0.15, -0.1) is 0 Å². The topological polar surface area (TPSA) is 80.8 Å². The predicted molar refractivity (Wildman–Crippen MR) is 101 cm³/mol. The Labute approximate surface area is 169 Å². The van der Waals surface area contributed by atoms with Gasteiger partial charge in [-0.25, -0.2) is 13.2 Å². The fourth-order valence-corrected chi connectivity index (χ4v) is 3.31. The molecule has 0 spiro atoms. The third-order valence-corrected chi connectivity index (χ3v) is 5.94. The summed E-state index contributed by atoms with van der Waals surface area (Å²) in [6.07, 6.45) is 0. The van der Waals surface area contributed by atoms with Gasteiger partial charge in [-0.1, -0.05) is 34.1 Å². The van der Waals surface area contributed by atoms with E-state index >= 15 is 0 Å². The lowest BCUT2D eigenvalue weighted by molar-refractivity contribution is -0.133. The molecular weight excluding hydrogens is 460 g/mol. The van der Waals surface area contributed by atoms with Crippen LogP contribution in [-0.2, 0) is 25.9 Å². The van der Waals surface area contributed by atoms with Crippen LogP contribution in [0.1, 0.15) is 15.9 Å². The zero-order chi connectivity index (χ0) is 20.9. The van der Waals surface area contributed by atoms with Crippen molar-refractivity contribution in [3.63, 3.8) is 0 Å². The normalized spacial score (nSPS) is 11.3. The minimum Gasteiger partial charge on any atom is -0.452 e. The molecule has 0 fully saturated rings. The molecule has 0 aliphatic rings. The van der Waals surface area contributed by atoms with E-state index in [2.05, 4.69) is 15.9 Å². The van der Waals surface area contributed by atoms with Gasteiger partial charge in [0.25, 0.3) is 5.91 Å². The van der Waals surface area contributed by atoms with Gasteiger partial charge in [0.05, 0.1) is 10.5 Å². The lowest BCUT2D eigenvalue weighted by atomic mass is 10.2. The number of nitrogens with zero attached hydrogens (tertiary/aromatic N) is 1. The van der Waals surface area contributed by atoms with Crippen molar-refractivity contribution < 1.29 is 31.5 Å². The smallest absolute Gasteiger partial charge is 0.341 e. The average Bonchev–Trinajstić information content (AvgIpc) is 2.67. The SMILES string of the molecule is CN(Cc1ccccc1Br)C(=O)COC(=O)c1ccc(S(=O)(=O)C(F)F)cc1. The van der Waals surface area contributed by atoms with Crippen LogP contribution in [0.2, 0.25) is 0 Å². The van der Waals surface area contributed by atoms with Crippen molar-refractivity contribution in [3.8, 4) is 0 Å². The first-order valence-electron chi connectivity index (χ1n) is 7.89. The highest BCUT2D eigenvalue weighted by Gasteiger charge is 2.26. The van der Waals surface area contributed by atoms with Gasteiger partial charge in [0.2, 0.25) is 9.84 Å². The summed E-state index contributed by atoms with van der Waals surface area (Å²) in [7, 11) is -3.18. The van der Waals surface area contributed by atoms with Crippen molar-refractivity contribution in [2.45, 2.75) is 17.2 Å². The largest absolute Gasteiger partial charge is 0.452 e. The molecule has 0 aliphatic carbocycles. The lowest BCUT2D eigenvalue weighted by Gasteiger charge is -2.18. The summed E-state index contributed by atoms with van der Waals surface area (Å²) >= 11 is 3.38. The number of halogens is 3. The van der Waals surface area contributed by atoms with Gasteiger partial charge in [0.1, 0.15) is 0 Å². The number of ether oxygens (including phenoxy) is 1. The number of sulfone groups is 1. The number of benzene rings is 2. The Morgan fingerprint density at radius 3 is 2.29 bits per heavy atom. The maximum atomic E-state index is 12.5. The second kappa shape index (κ2) is 9.24. The van der Waals surface area contributed by atoms with Crippen LogP contribution in [0.4, 0.5) is 8.78 Å². The van der Waals surface area contributed by atoms with Crippen molar-refractivity contribution in [2.24, 2.45) is 0 Å². The summed E-state index contributed by atoms with van der Waals surface area (Å²) in [5.41, 5.74) is 0.815. The quantitative estimate of drug-likeness (QED) is 0.574. The summed E-state index contributed by atoms with van der Waals surface area (Å²) in [4.78, 5) is 24.9. The van der Waals surface area contributed by atoms with E-state index in [9.17, 15) is 26.8 Å². The summed E-state index contributed by atoms with van der Waals surface area (Å²) in [6, 6.07) is 11.2. The molecule has 0 aliphatic heterocycles. The molecule has 0 saturated carbocycles. The Morgan fingerprint density at radius 1 is 1.11 bits per heavy atom. The molecule has 0 bridgehead atoms. The van der Waals surface area contributed by atoms with E-state index < -0.39 is 39.0 Å². The van der Waals surface area contributed by atoms with Crippen molar-refractivity contribution >= 4 is 37.6 Å². The number of amides is 1. The third kappa shape index (κ3) is 5.35. The Kier molecular flexibility index (Phi) is 7.25. The molecule has 150 valence electrons. The molecule has 6 nitrogen and oxygen atoms in total. The molecule has 0 aromatic heterocycles. The van der Waals surface area contributed by atoms with E-state index in [0.29, 0.717) is 6.54 Å². The fraction of sp³-hybridized carbons (Fsp3) is 0.222. The van der Waals surface area contributed by atoms with Gasteiger partial charge in [-0.3, -0.25) is 4.79 Å². The number of esters is 1. The van der Waals surface area contributed by atoms with Crippen LogP contribution in [0.3, 0.4) is 0 Å². The molecule has 2 rings (SSSR count). The van der Waals surface area contributed by atoms with E-state index in [4.69, 9.17) is 4.74 Å². The van der Waals surface area contributed by atoms with Crippen LogP contribution < -0.4 is 0 Å². The monoisotopic (exact) mass is 475 g/mol. The van der Waals surface area contributed by atoms with Crippen molar-refractivity contribution in [2.75, 3.05) is 13.7 Å². The molecule has 2 aromatic rings. The predicted octanol–water partition coefficient (Wildman–Crippen LogP) is 3.26. The first-order chi connectivity index (χ1) is 13.1. The first kappa shape index (κ1) is 22.0. The Bertz CT molecular complexity index is 964. The Morgan fingerprint density at radius 2 is 1.71 bits per heavy atom. The summed E-state index contributed by atoms with van der Waals surface area (Å²) < 4.78 is 53.5. The van der Waals surface area contributed by atoms with Crippen LogP contribution in [0, 0.1) is 0 Å². The van der Waals surface area contributed by atoms with Crippen LogP contribution in [0.25, 0.3) is 0 Å². The molecule has 0 atom stereocenters. The van der Waals surface area contributed by atoms with Gasteiger partial charge < -0.3 is 9.64 Å². The minimum absolute atomic E-state index is 0.0607. The number of carbonyl (C=O) groups is 2. The highest BCUT2D eigenvalue weighted by molar-refractivity contribution is 9.10. The van der Waals surface area contributed by atoms with Gasteiger partial charge in [-0.05, 0) is 35.9 Å². The number of alkyl halides is 2. The van der Waals surface area contributed by atoms with Crippen LogP contribution in [-0.4, -0.2) is 44.6 Å². The highest BCUT2D eigenvalue weighted by Crippen LogP contribution is 2.19. The van der Waals surface area contributed by atoms with Crippen molar-refractivity contribution in [1.82, 2.24) is 4.90 Å². The summed E-state index contributed by atoms with van der Waals surface area (Å²) in [5.74, 6) is -4.87. The van der Waals surface area contributed by atoms with E-state index in [1.165, 1.54) is 4.90 Å². The average molecular weight is 476 g/mol. The van der Waals surface area contributed by atoms with E-state index in [1.807, 2.05) is 24.3 Å². The number of hydrogen-bond donors (Lipinski definition) is 0. The molecular formula is C18H16BrF2NO5S. The van der Waals surface area contributed by atoms with E-state index in [-0.39, 0.29) is 5.56 Å². The number of carbonyl (C=O) groups excluding carboxylic acids is 2. The molecule has 28 heavy (non-hydrogen) atoms. The van der Waals surface area contributed by atoms with Crippen molar-refractivity contribution in [1.29, 1.82) is 0 Å². The lowest BCUT2D eigenvalue weighted by Crippen LogP contribution is -2.31. The zero-order valence-corrected chi connectivity index (χ0v) is 17.0. The van der Waals surface area contributed by atoms with Gasteiger partial charge in [0.15, 0.2) is 6.61 Å².